The van der Waals surface area contributed by atoms with Gasteiger partial charge in [-0.1, -0.05) is 58.7 Å². The first-order valence-electron chi connectivity index (χ1n) is 6.54. The lowest BCUT2D eigenvalue weighted by Gasteiger charge is -2.25. The Balaban J connectivity index is 2.29. The highest BCUT2D eigenvalue weighted by Gasteiger charge is 2.21. The van der Waals surface area contributed by atoms with Crippen molar-refractivity contribution >= 4 is 27.5 Å². The normalized spacial score (nSPS) is 13.8. The van der Waals surface area contributed by atoms with Gasteiger partial charge in [0.1, 0.15) is 11.9 Å². The lowest BCUT2D eigenvalue weighted by molar-refractivity contribution is 0.171. The fraction of sp³-hybridized carbons (Fsp3) is 0.250. The summed E-state index contributed by atoms with van der Waals surface area (Å²) in [6.07, 6.45) is 0.610. The molecule has 0 amide bonds. The highest BCUT2D eigenvalue weighted by molar-refractivity contribution is 9.10. The zero-order chi connectivity index (χ0) is 14.5. The molecule has 2 N–H and O–H groups in total. The summed E-state index contributed by atoms with van der Waals surface area (Å²) < 4.78 is 7.08. The summed E-state index contributed by atoms with van der Waals surface area (Å²) >= 11 is 9.59. The molecule has 0 spiro atoms. The fourth-order valence-corrected chi connectivity index (χ4v) is 2.39. The summed E-state index contributed by atoms with van der Waals surface area (Å²) in [6.45, 7) is 2.05. The van der Waals surface area contributed by atoms with Gasteiger partial charge in [-0.05, 0) is 36.2 Å². The standard InChI is InChI=1S/C16H17BrClNO/c1-2-14(19)16(11-7-9-12(17)10-8-11)20-15-6-4-3-5-13(15)18/h3-10,14,16H,2,19H2,1H3. The summed E-state index contributed by atoms with van der Waals surface area (Å²) in [7, 11) is 0. The fourth-order valence-electron chi connectivity index (χ4n) is 1.95. The molecule has 4 heteroatoms. The Kier molecular flexibility index (Phi) is 5.46. The topological polar surface area (TPSA) is 35.2 Å². The van der Waals surface area contributed by atoms with Crippen molar-refractivity contribution < 1.29 is 4.74 Å². The van der Waals surface area contributed by atoms with Gasteiger partial charge >= 0.3 is 0 Å². The van der Waals surface area contributed by atoms with Gasteiger partial charge in [0.25, 0.3) is 0 Å². The second-order valence-corrected chi connectivity index (χ2v) is 5.92. The summed E-state index contributed by atoms with van der Waals surface area (Å²) in [4.78, 5) is 0. The molecule has 2 nitrogen and oxygen atoms in total. The van der Waals surface area contributed by atoms with Gasteiger partial charge in [-0.25, -0.2) is 0 Å². The van der Waals surface area contributed by atoms with Crippen LogP contribution in [-0.4, -0.2) is 6.04 Å². The minimum Gasteiger partial charge on any atom is -0.483 e. The van der Waals surface area contributed by atoms with Crippen LogP contribution in [0.25, 0.3) is 0 Å². The summed E-state index contributed by atoms with van der Waals surface area (Å²) in [5, 5.41) is 0.595. The molecule has 0 fully saturated rings. The third-order valence-electron chi connectivity index (χ3n) is 3.15. The lowest BCUT2D eigenvalue weighted by Crippen LogP contribution is -2.31. The van der Waals surface area contributed by atoms with Crippen LogP contribution >= 0.6 is 27.5 Å². The molecule has 0 aliphatic carbocycles. The summed E-state index contributed by atoms with van der Waals surface area (Å²) in [6, 6.07) is 15.4. The monoisotopic (exact) mass is 353 g/mol. The Labute approximate surface area is 133 Å². The molecule has 0 saturated heterocycles. The van der Waals surface area contributed by atoms with Gasteiger partial charge in [0.05, 0.1) is 5.02 Å². The van der Waals surface area contributed by atoms with Crippen LogP contribution < -0.4 is 10.5 Å². The Morgan fingerprint density at radius 3 is 2.40 bits per heavy atom. The number of ether oxygens (including phenoxy) is 1. The van der Waals surface area contributed by atoms with Crippen LogP contribution in [0.3, 0.4) is 0 Å². The zero-order valence-electron chi connectivity index (χ0n) is 11.2. The van der Waals surface area contributed by atoms with Gasteiger partial charge in [-0.2, -0.15) is 0 Å². The molecule has 20 heavy (non-hydrogen) atoms. The second kappa shape index (κ2) is 7.11. The Morgan fingerprint density at radius 1 is 1.15 bits per heavy atom. The van der Waals surface area contributed by atoms with Gasteiger partial charge in [0, 0.05) is 10.5 Å². The van der Waals surface area contributed by atoms with E-state index in [1.54, 1.807) is 0 Å². The lowest BCUT2D eigenvalue weighted by atomic mass is 10.0. The number of nitrogens with two attached hydrogens (primary N) is 1. The van der Waals surface area contributed by atoms with E-state index >= 15 is 0 Å². The highest BCUT2D eigenvalue weighted by atomic mass is 79.9. The number of hydrogen-bond donors (Lipinski definition) is 1. The molecule has 0 aromatic heterocycles. The van der Waals surface area contributed by atoms with E-state index in [0.717, 1.165) is 16.5 Å². The molecular formula is C16H17BrClNO. The Morgan fingerprint density at radius 2 is 1.80 bits per heavy atom. The van der Waals surface area contributed by atoms with Crippen molar-refractivity contribution in [3.63, 3.8) is 0 Å². The van der Waals surface area contributed by atoms with Crippen LogP contribution in [0.4, 0.5) is 0 Å². The van der Waals surface area contributed by atoms with E-state index in [0.29, 0.717) is 10.8 Å². The molecule has 106 valence electrons. The number of halogens is 2. The molecule has 2 rings (SSSR count). The van der Waals surface area contributed by atoms with E-state index in [1.807, 2.05) is 55.5 Å². The van der Waals surface area contributed by atoms with Crippen molar-refractivity contribution in [2.24, 2.45) is 5.73 Å². The number of hydrogen-bond acceptors (Lipinski definition) is 2. The van der Waals surface area contributed by atoms with Gasteiger partial charge in [-0.15, -0.1) is 0 Å². The first-order valence-corrected chi connectivity index (χ1v) is 7.71. The molecule has 2 atom stereocenters. The Hall–Kier alpha value is -1.03. The zero-order valence-corrected chi connectivity index (χ0v) is 13.6. The van der Waals surface area contributed by atoms with Crippen molar-refractivity contribution in [2.45, 2.75) is 25.5 Å². The van der Waals surface area contributed by atoms with Crippen LogP contribution in [0, 0.1) is 0 Å². The third kappa shape index (κ3) is 3.75. The molecule has 0 heterocycles. The summed E-state index contributed by atoms with van der Waals surface area (Å²) in [5.41, 5.74) is 7.25. The van der Waals surface area contributed by atoms with Crippen LogP contribution in [0.2, 0.25) is 5.02 Å². The second-order valence-electron chi connectivity index (χ2n) is 4.59. The van der Waals surface area contributed by atoms with E-state index < -0.39 is 0 Å². The Bertz CT molecular complexity index is 559. The van der Waals surface area contributed by atoms with Crippen LogP contribution in [0.1, 0.15) is 25.0 Å². The molecule has 0 aliphatic rings. The van der Waals surface area contributed by atoms with E-state index in [-0.39, 0.29) is 12.1 Å². The van der Waals surface area contributed by atoms with E-state index in [1.165, 1.54) is 0 Å². The maximum Gasteiger partial charge on any atom is 0.139 e. The molecule has 0 radical (unpaired) electrons. The van der Waals surface area contributed by atoms with Crippen molar-refractivity contribution in [1.82, 2.24) is 0 Å². The molecule has 0 aliphatic heterocycles. The molecule has 0 saturated carbocycles. The average Bonchev–Trinajstić information content (AvgIpc) is 2.47. The number of benzene rings is 2. The predicted octanol–water partition coefficient (Wildman–Crippen LogP) is 4.96. The minimum absolute atomic E-state index is 0.0903. The highest BCUT2D eigenvalue weighted by Crippen LogP contribution is 2.31. The average molecular weight is 355 g/mol. The molecule has 2 aromatic carbocycles. The number of rotatable bonds is 5. The van der Waals surface area contributed by atoms with Gasteiger partial charge < -0.3 is 10.5 Å². The first kappa shape index (κ1) is 15.4. The smallest absolute Gasteiger partial charge is 0.139 e. The maximum atomic E-state index is 6.21. The third-order valence-corrected chi connectivity index (χ3v) is 3.99. The molecule has 2 unspecified atom stereocenters. The van der Waals surface area contributed by atoms with Gasteiger partial charge in [-0.3, -0.25) is 0 Å². The SMILES string of the molecule is CCC(N)C(Oc1ccccc1Cl)c1ccc(Br)cc1. The van der Waals surface area contributed by atoms with Crippen molar-refractivity contribution in [1.29, 1.82) is 0 Å². The first-order chi connectivity index (χ1) is 9.61. The van der Waals surface area contributed by atoms with Gasteiger partial charge in [0.2, 0.25) is 0 Å². The predicted molar refractivity (Wildman–Crippen MR) is 87.2 cm³/mol. The minimum atomic E-state index is -0.215. The molecule has 0 bridgehead atoms. The van der Waals surface area contributed by atoms with Crippen LogP contribution in [-0.2, 0) is 0 Å². The maximum absolute atomic E-state index is 6.21. The van der Waals surface area contributed by atoms with E-state index in [4.69, 9.17) is 22.1 Å². The van der Waals surface area contributed by atoms with Crippen molar-refractivity contribution in [2.75, 3.05) is 0 Å². The van der Waals surface area contributed by atoms with Gasteiger partial charge in [0.15, 0.2) is 0 Å². The molecule has 2 aromatic rings. The number of para-hydroxylation sites is 1. The van der Waals surface area contributed by atoms with Crippen LogP contribution in [0.5, 0.6) is 5.75 Å². The quantitative estimate of drug-likeness (QED) is 0.823. The van der Waals surface area contributed by atoms with E-state index in [9.17, 15) is 0 Å². The summed E-state index contributed by atoms with van der Waals surface area (Å²) in [5.74, 6) is 0.658. The largest absolute Gasteiger partial charge is 0.483 e. The molecular weight excluding hydrogens is 338 g/mol. The van der Waals surface area contributed by atoms with Crippen LogP contribution in [0.15, 0.2) is 53.0 Å². The van der Waals surface area contributed by atoms with Crippen molar-refractivity contribution in [3.8, 4) is 5.75 Å². The van der Waals surface area contributed by atoms with E-state index in [2.05, 4.69) is 15.9 Å². The van der Waals surface area contributed by atoms with Crippen molar-refractivity contribution in [3.05, 3.63) is 63.6 Å².